The quantitative estimate of drug-likeness (QED) is 0.582. The highest BCUT2D eigenvalue weighted by atomic mass is 32.2. The van der Waals surface area contributed by atoms with Gasteiger partial charge in [0.05, 0.1) is 12.4 Å². The molecule has 2 amide bonds. The average molecular weight is 475 g/mol. The van der Waals surface area contributed by atoms with E-state index in [4.69, 9.17) is 4.74 Å². The van der Waals surface area contributed by atoms with Crippen molar-refractivity contribution in [1.29, 1.82) is 0 Å². The molecule has 180 valence electrons. The maximum absolute atomic E-state index is 13.5. The van der Waals surface area contributed by atoms with Crippen LogP contribution in [-0.4, -0.2) is 58.8 Å². The van der Waals surface area contributed by atoms with Crippen molar-refractivity contribution in [2.45, 2.75) is 75.6 Å². The first-order valence-corrected chi connectivity index (χ1v) is 12.7. The zero-order chi connectivity index (χ0) is 23.8. The summed E-state index contributed by atoms with van der Waals surface area (Å²) in [6.45, 7) is 1.34. The summed E-state index contributed by atoms with van der Waals surface area (Å²) in [4.78, 5) is 52.3. The van der Waals surface area contributed by atoms with Gasteiger partial charge in [-0.1, -0.05) is 54.9 Å². The second-order valence-electron chi connectivity index (χ2n) is 8.93. The maximum Gasteiger partial charge on any atom is 0.325 e. The molecule has 3 atom stereocenters. The zero-order valence-electron chi connectivity index (χ0n) is 19.5. The van der Waals surface area contributed by atoms with Crippen molar-refractivity contribution in [2.75, 3.05) is 13.7 Å². The average Bonchev–Trinajstić information content (AvgIpc) is 3.29. The number of nitrogens with zero attached hydrogens (tertiary/aromatic N) is 1. The molecule has 0 spiro atoms. The largest absolute Gasteiger partial charge is 0.468 e. The van der Waals surface area contributed by atoms with Gasteiger partial charge in [-0.05, 0) is 50.0 Å². The number of hydrogen-bond donors (Lipinski definition) is 1. The van der Waals surface area contributed by atoms with Crippen LogP contribution in [0, 0.1) is 5.92 Å². The van der Waals surface area contributed by atoms with Gasteiger partial charge >= 0.3 is 5.97 Å². The summed E-state index contributed by atoms with van der Waals surface area (Å²) in [7, 11) is 1.32. The minimum Gasteiger partial charge on any atom is -0.468 e. The molecule has 1 aliphatic heterocycles. The van der Waals surface area contributed by atoms with Crippen LogP contribution in [0.25, 0.3) is 0 Å². The summed E-state index contributed by atoms with van der Waals surface area (Å²) in [6, 6.07) is 8.81. The Labute approximate surface area is 200 Å². The van der Waals surface area contributed by atoms with Gasteiger partial charge in [0.1, 0.15) is 12.6 Å². The molecule has 0 unspecified atom stereocenters. The predicted octanol–water partition coefficient (Wildman–Crippen LogP) is 3.11. The number of benzene rings is 1. The molecule has 2 fully saturated rings. The van der Waals surface area contributed by atoms with Gasteiger partial charge in [0.15, 0.2) is 5.12 Å². The Kier molecular flexibility index (Phi) is 9.35. The first kappa shape index (κ1) is 25.3. The van der Waals surface area contributed by atoms with E-state index in [-0.39, 0.29) is 29.5 Å². The normalized spacial score (nSPS) is 22.5. The lowest BCUT2D eigenvalue weighted by molar-refractivity contribution is -0.150. The van der Waals surface area contributed by atoms with Gasteiger partial charge in [-0.2, -0.15) is 0 Å². The molecule has 1 saturated carbocycles. The van der Waals surface area contributed by atoms with Gasteiger partial charge < -0.3 is 15.0 Å². The van der Waals surface area contributed by atoms with E-state index in [1.54, 1.807) is 4.90 Å². The first-order chi connectivity index (χ1) is 15.9. The molecule has 1 N–H and O–H groups in total. The number of carbonyl (C=O) groups is 4. The number of thioether (sulfide) groups is 1. The molecule has 0 aromatic heterocycles. The van der Waals surface area contributed by atoms with Crippen LogP contribution < -0.4 is 5.32 Å². The summed E-state index contributed by atoms with van der Waals surface area (Å²) in [5.74, 6) is -0.622. The number of rotatable bonds is 8. The van der Waals surface area contributed by atoms with Crippen molar-refractivity contribution in [1.82, 2.24) is 10.2 Å². The van der Waals surface area contributed by atoms with E-state index in [1.165, 1.54) is 14.0 Å². The van der Waals surface area contributed by atoms with E-state index in [0.29, 0.717) is 18.8 Å². The third-order valence-electron chi connectivity index (χ3n) is 6.63. The van der Waals surface area contributed by atoms with Crippen LogP contribution in [0.15, 0.2) is 30.3 Å². The molecule has 1 aliphatic carbocycles. The standard InChI is InChI=1S/C25H34N2O5S/c1-17(28)33-22(15-18-9-4-3-5-10-18)24(30)26-20-13-8-14-21(19-11-6-7-12-19)27(25(20)31)16-23(29)32-2/h3-5,9-10,19-22H,6-8,11-16H2,1-2H3,(H,26,30)/t20-,21+,22-/m0/s1. The molecule has 0 radical (unpaired) electrons. The fraction of sp³-hybridized carbons (Fsp3) is 0.600. The monoisotopic (exact) mass is 474 g/mol. The second kappa shape index (κ2) is 12.2. The van der Waals surface area contributed by atoms with Crippen LogP contribution >= 0.6 is 11.8 Å². The van der Waals surface area contributed by atoms with Crippen molar-refractivity contribution >= 4 is 34.7 Å². The summed E-state index contributed by atoms with van der Waals surface area (Å²) in [5.41, 5.74) is 0.951. The molecule has 1 heterocycles. The van der Waals surface area contributed by atoms with E-state index in [2.05, 4.69) is 5.32 Å². The molecule has 3 rings (SSSR count). The molecular formula is C25H34N2O5S. The fourth-order valence-electron chi connectivity index (χ4n) is 5.02. The molecule has 2 aliphatic rings. The summed E-state index contributed by atoms with van der Waals surface area (Å²) >= 11 is 0.984. The van der Waals surface area contributed by atoms with Crippen molar-refractivity contribution in [3.63, 3.8) is 0 Å². The molecular weight excluding hydrogens is 440 g/mol. The third-order valence-corrected chi connectivity index (χ3v) is 7.62. The lowest BCUT2D eigenvalue weighted by Crippen LogP contribution is -2.54. The number of carbonyl (C=O) groups excluding carboxylic acids is 4. The van der Waals surface area contributed by atoms with Crippen molar-refractivity contribution in [3.05, 3.63) is 35.9 Å². The van der Waals surface area contributed by atoms with E-state index in [9.17, 15) is 19.2 Å². The van der Waals surface area contributed by atoms with Crippen molar-refractivity contribution in [3.8, 4) is 0 Å². The van der Waals surface area contributed by atoms with E-state index >= 15 is 0 Å². The second-order valence-corrected chi connectivity index (χ2v) is 10.3. The van der Waals surface area contributed by atoms with Crippen LogP contribution in [0.3, 0.4) is 0 Å². The van der Waals surface area contributed by atoms with Crippen LogP contribution in [0.5, 0.6) is 0 Å². The van der Waals surface area contributed by atoms with Gasteiger partial charge in [0, 0.05) is 13.0 Å². The van der Waals surface area contributed by atoms with Gasteiger partial charge in [0.25, 0.3) is 0 Å². The number of likely N-dealkylation sites (tertiary alicyclic amines) is 1. The molecule has 7 nitrogen and oxygen atoms in total. The predicted molar refractivity (Wildman–Crippen MR) is 127 cm³/mol. The van der Waals surface area contributed by atoms with Gasteiger partial charge in [-0.15, -0.1) is 0 Å². The number of hydrogen-bond acceptors (Lipinski definition) is 6. The fourth-order valence-corrected chi connectivity index (χ4v) is 5.87. The van der Waals surface area contributed by atoms with Gasteiger partial charge in [0.2, 0.25) is 11.8 Å². The summed E-state index contributed by atoms with van der Waals surface area (Å²) in [6.07, 6.45) is 6.93. The van der Waals surface area contributed by atoms with Crippen LogP contribution in [-0.2, 0) is 30.3 Å². The van der Waals surface area contributed by atoms with Crippen molar-refractivity contribution in [2.24, 2.45) is 5.92 Å². The lowest BCUT2D eigenvalue weighted by atomic mass is 9.93. The van der Waals surface area contributed by atoms with Gasteiger partial charge in [-0.25, -0.2) is 0 Å². The Bertz CT molecular complexity index is 840. The molecule has 1 aromatic rings. The van der Waals surface area contributed by atoms with Gasteiger partial charge in [-0.3, -0.25) is 19.2 Å². The SMILES string of the molecule is COC(=O)CN1C(=O)[C@@H](NC(=O)[C@H](Cc2ccccc2)SC(C)=O)CCC[C@@H]1C1CCCC1. The number of nitrogens with one attached hydrogen (secondary N) is 1. The Morgan fingerprint density at radius 2 is 1.79 bits per heavy atom. The Morgan fingerprint density at radius 1 is 1.09 bits per heavy atom. The topological polar surface area (TPSA) is 92.8 Å². The van der Waals surface area contributed by atoms with E-state index in [1.807, 2.05) is 30.3 Å². The van der Waals surface area contributed by atoms with Crippen molar-refractivity contribution < 1.29 is 23.9 Å². The Balaban J connectivity index is 1.75. The molecule has 8 heteroatoms. The highest BCUT2D eigenvalue weighted by Gasteiger charge is 2.40. The molecule has 0 bridgehead atoms. The first-order valence-electron chi connectivity index (χ1n) is 11.8. The number of esters is 1. The highest BCUT2D eigenvalue weighted by Crippen LogP contribution is 2.35. The van der Waals surface area contributed by atoms with Crippen LogP contribution in [0.4, 0.5) is 0 Å². The summed E-state index contributed by atoms with van der Waals surface area (Å²) in [5, 5.41) is 2.14. The minimum atomic E-state index is -0.709. The smallest absolute Gasteiger partial charge is 0.325 e. The number of amides is 2. The minimum absolute atomic E-state index is 0.00675. The Hall–Kier alpha value is -2.35. The maximum atomic E-state index is 13.5. The molecule has 1 aromatic carbocycles. The van der Waals surface area contributed by atoms with Crippen LogP contribution in [0.2, 0.25) is 0 Å². The third kappa shape index (κ3) is 7.06. The highest BCUT2D eigenvalue weighted by molar-refractivity contribution is 8.14. The zero-order valence-corrected chi connectivity index (χ0v) is 20.3. The number of ether oxygens (including phenoxy) is 1. The number of methoxy groups -OCH3 is 1. The van der Waals surface area contributed by atoms with E-state index in [0.717, 1.165) is 55.9 Å². The van der Waals surface area contributed by atoms with E-state index < -0.39 is 17.3 Å². The molecule has 33 heavy (non-hydrogen) atoms. The Morgan fingerprint density at radius 3 is 2.42 bits per heavy atom. The lowest BCUT2D eigenvalue weighted by Gasteiger charge is -2.35. The van der Waals surface area contributed by atoms with Crippen LogP contribution in [0.1, 0.15) is 57.4 Å². The summed E-state index contributed by atoms with van der Waals surface area (Å²) < 4.78 is 4.86. The molecule has 1 saturated heterocycles.